The molecule has 3 aromatic carbocycles. The molecule has 0 aliphatic heterocycles. The molecule has 0 radical (unpaired) electrons. The maximum absolute atomic E-state index is 11.0. The Bertz CT molecular complexity index is 1220. The van der Waals surface area contributed by atoms with Crippen LogP contribution in [-0.4, -0.2) is 11.1 Å². The average molecular weight is 465 g/mol. The fourth-order valence-electron chi connectivity index (χ4n) is 7.42. The first kappa shape index (κ1) is 22.2. The Morgan fingerprint density at radius 3 is 2.23 bits per heavy atom. The van der Waals surface area contributed by atoms with Crippen molar-refractivity contribution >= 4 is 12.0 Å². The van der Waals surface area contributed by atoms with Gasteiger partial charge in [-0.05, 0) is 108 Å². The Morgan fingerprint density at radius 2 is 1.54 bits per heavy atom. The Kier molecular flexibility index (Phi) is 5.72. The normalized spacial score (nSPS) is 26.8. The van der Waals surface area contributed by atoms with Crippen LogP contribution in [0.25, 0.3) is 17.2 Å². The van der Waals surface area contributed by atoms with Crippen LogP contribution < -0.4 is 4.74 Å². The molecule has 1 N–H and O–H groups in total. The quantitative estimate of drug-likeness (QED) is 0.368. The van der Waals surface area contributed by atoms with E-state index in [0.717, 1.165) is 34.6 Å². The van der Waals surface area contributed by atoms with Gasteiger partial charge >= 0.3 is 5.97 Å². The van der Waals surface area contributed by atoms with Crippen molar-refractivity contribution in [3.63, 3.8) is 0 Å². The summed E-state index contributed by atoms with van der Waals surface area (Å²) in [6.45, 7) is 0.578. The number of benzene rings is 3. The van der Waals surface area contributed by atoms with E-state index in [1.54, 1.807) is 6.08 Å². The Labute approximate surface area is 207 Å². The highest BCUT2D eigenvalue weighted by atomic mass is 16.5. The predicted octanol–water partition coefficient (Wildman–Crippen LogP) is 7.50. The maximum atomic E-state index is 11.0. The summed E-state index contributed by atoms with van der Waals surface area (Å²) in [5, 5.41) is 9.01. The summed E-state index contributed by atoms with van der Waals surface area (Å²) in [4.78, 5) is 11.0. The molecule has 4 saturated carbocycles. The third-order valence-corrected chi connectivity index (χ3v) is 8.46. The van der Waals surface area contributed by atoms with Gasteiger partial charge in [-0.2, -0.15) is 0 Å². The molecule has 4 bridgehead atoms. The van der Waals surface area contributed by atoms with Gasteiger partial charge in [-0.25, -0.2) is 4.79 Å². The topological polar surface area (TPSA) is 46.5 Å². The van der Waals surface area contributed by atoms with Gasteiger partial charge < -0.3 is 9.84 Å². The highest BCUT2D eigenvalue weighted by Crippen LogP contribution is 2.62. The van der Waals surface area contributed by atoms with Crippen LogP contribution in [0.15, 0.2) is 78.9 Å². The molecule has 3 nitrogen and oxygen atoms in total. The molecule has 4 aliphatic rings. The summed E-state index contributed by atoms with van der Waals surface area (Å²) in [6.07, 6.45) is 10.9. The summed E-state index contributed by atoms with van der Waals surface area (Å²) in [5.74, 6) is 2.67. The highest BCUT2D eigenvalue weighted by molar-refractivity contribution is 5.85. The first-order valence-electron chi connectivity index (χ1n) is 12.9. The zero-order chi connectivity index (χ0) is 23.8. The monoisotopic (exact) mass is 464 g/mol. The number of rotatable bonds is 7. The van der Waals surface area contributed by atoms with Gasteiger partial charge in [0.2, 0.25) is 0 Å². The van der Waals surface area contributed by atoms with Crippen LogP contribution in [0, 0.1) is 17.8 Å². The van der Waals surface area contributed by atoms with Crippen LogP contribution in [0.5, 0.6) is 5.75 Å². The second kappa shape index (κ2) is 9.03. The number of carbonyl (C=O) groups is 1. The molecule has 0 spiro atoms. The zero-order valence-corrected chi connectivity index (χ0v) is 20.0. The molecule has 0 heterocycles. The van der Waals surface area contributed by atoms with Crippen LogP contribution in [0.3, 0.4) is 0 Å². The van der Waals surface area contributed by atoms with E-state index in [0.29, 0.717) is 6.61 Å². The summed E-state index contributed by atoms with van der Waals surface area (Å²) < 4.78 is 6.52. The van der Waals surface area contributed by atoms with E-state index in [4.69, 9.17) is 9.84 Å². The van der Waals surface area contributed by atoms with E-state index in [9.17, 15) is 4.79 Å². The van der Waals surface area contributed by atoms with E-state index in [-0.39, 0.29) is 5.41 Å². The second-order valence-corrected chi connectivity index (χ2v) is 11.0. The van der Waals surface area contributed by atoms with Crippen molar-refractivity contribution < 1.29 is 14.6 Å². The van der Waals surface area contributed by atoms with Crippen LogP contribution in [-0.2, 0) is 16.8 Å². The summed E-state index contributed by atoms with van der Waals surface area (Å²) in [6, 6.07) is 25.2. The average Bonchev–Trinajstić information content (AvgIpc) is 2.86. The van der Waals surface area contributed by atoms with Crippen LogP contribution in [0.4, 0.5) is 0 Å². The van der Waals surface area contributed by atoms with Gasteiger partial charge in [0.25, 0.3) is 0 Å². The molecule has 178 valence electrons. The lowest BCUT2D eigenvalue weighted by Crippen LogP contribution is -2.48. The smallest absolute Gasteiger partial charge is 0.328 e. The van der Waals surface area contributed by atoms with Crippen molar-refractivity contribution in [2.24, 2.45) is 17.8 Å². The molecule has 35 heavy (non-hydrogen) atoms. The Balaban J connectivity index is 1.38. The van der Waals surface area contributed by atoms with Gasteiger partial charge in [0.1, 0.15) is 12.4 Å². The van der Waals surface area contributed by atoms with E-state index < -0.39 is 5.97 Å². The molecular formula is C32H32O3. The van der Waals surface area contributed by atoms with E-state index in [1.165, 1.54) is 61.3 Å². The van der Waals surface area contributed by atoms with E-state index in [1.807, 2.05) is 18.2 Å². The lowest BCUT2D eigenvalue weighted by Gasteiger charge is -2.57. The number of hydrogen-bond donors (Lipinski definition) is 1. The number of carboxylic acid groups (broad SMARTS) is 1. The summed E-state index contributed by atoms with van der Waals surface area (Å²) >= 11 is 0. The number of aliphatic carboxylic acids is 1. The zero-order valence-electron chi connectivity index (χ0n) is 20.0. The summed E-state index contributed by atoms with van der Waals surface area (Å²) in [5.41, 5.74) is 5.97. The summed E-state index contributed by atoms with van der Waals surface area (Å²) in [7, 11) is 0. The lowest BCUT2D eigenvalue weighted by molar-refractivity contribution is -0.131. The van der Waals surface area contributed by atoms with Crippen LogP contribution in [0.1, 0.15) is 55.2 Å². The highest BCUT2D eigenvalue weighted by Gasteiger charge is 2.52. The van der Waals surface area contributed by atoms with Gasteiger partial charge in [0.05, 0.1) is 0 Å². The predicted molar refractivity (Wildman–Crippen MR) is 139 cm³/mol. The molecule has 0 atom stereocenters. The first-order valence-corrected chi connectivity index (χ1v) is 12.9. The third kappa shape index (κ3) is 4.52. The molecule has 4 aliphatic carbocycles. The molecule has 0 aromatic heterocycles. The van der Waals surface area contributed by atoms with Crippen molar-refractivity contribution in [2.45, 2.75) is 50.5 Å². The molecule has 7 rings (SSSR count). The van der Waals surface area contributed by atoms with Crippen molar-refractivity contribution in [3.05, 3.63) is 95.6 Å². The lowest BCUT2D eigenvalue weighted by atomic mass is 9.48. The minimum atomic E-state index is -0.931. The minimum Gasteiger partial charge on any atom is -0.489 e. The Morgan fingerprint density at radius 1 is 0.857 bits per heavy atom. The third-order valence-electron chi connectivity index (χ3n) is 8.46. The van der Waals surface area contributed by atoms with Crippen molar-refractivity contribution in [2.75, 3.05) is 0 Å². The van der Waals surface area contributed by atoms with Gasteiger partial charge in [-0.3, -0.25) is 0 Å². The number of ether oxygens (including phenoxy) is 1. The molecule has 3 aromatic rings. The fourth-order valence-corrected chi connectivity index (χ4v) is 7.42. The Hall–Kier alpha value is -3.33. The van der Waals surface area contributed by atoms with Crippen molar-refractivity contribution in [1.29, 1.82) is 0 Å². The fraction of sp³-hybridized carbons (Fsp3) is 0.344. The SMILES string of the molecule is O=C(O)C=Cc1cccc(-c2ccc(OCc3ccccc3)c(C34CC5CC(CC(C5)C3)C4)c2)c1. The molecule has 0 saturated heterocycles. The standard InChI is InChI=1S/C32H32O3/c33-31(34)12-9-22-7-4-8-27(16-22)28-10-11-30(35-21-23-5-2-1-3-6-23)29(17-28)32-18-24-13-25(19-32)15-26(14-24)20-32/h1-12,16-17,24-26H,13-15,18-21H2,(H,33,34). The van der Waals surface area contributed by atoms with Crippen molar-refractivity contribution in [3.8, 4) is 16.9 Å². The second-order valence-electron chi connectivity index (χ2n) is 11.0. The van der Waals surface area contributed by atoms with Gasteiger partial charge in [0.15, 0.2) is 0 Å². The molecule has 3 heteroatoms. The maximum Gasteiger partial charge on any atom is 0.328 e. The van der Waals surface area contributed by atoms with Crippen molar-refractivity contribution in [1.82, 2.24) is 0 Å². The molecular weight excluding hydrogens is 432 g/mol. The minimum absolute atomic E-state index is 0.220. The molecule has 0 unspecified atom stereocenters. The number of carboxylic acids is 1. The van der Waals surface area contributed by atoms with E-state index in [2.05, 4.69) is 54.6 Å². The number of hydrogen-bond acceptors (Lipinski definition) is 2. The molecule has 0 amide bonds. The van der Waals surface area contributed by atoms with Crippen LogP contribution in [0.2, 0.25) is 0 Å². The molecule has 4 fully saturated rings. The van der Waals surface area contributed by atoms with Gasteiger partial charge in [-0.1, -0.05) is 54.6 Å². The largest absolute Gasteiger partial charge is 0.489 e. The van der Waals surface area contributed by atoms with Gasteiger partial charge in [-0.15, -0.1) is 0 Å². The van der Waals surface area contributed by atoms with Crippen LogP contribution >= 0.6 is 0 Å². The first-order chi connectivity index (χ1) is 17.1. The van der Waals surface area contributed by atoms with Gasteiger partial charge in [0, 0.05) is 11.6 Å². The van der Waals surface area contributed by atoms with E-state index >= 15 is 0 Å².